The summed E-state index contributed by atoms with van der Waals surface area (Å²) in [7, 11) is 2.00. The molecule has 0 unspecified atom stereocenters. The van der Waals surface area contributed by atoms with Crippen LogP contribution in [-0.2, 0) is 6.54 Å². The number of piperidine rings is 1. The van der Waals surface area contributed by atoms with E-state index in [1.54, 1.807) is 0 Å². The molecule has 1 aliphatic heterocycles. The molecular formula is C14H20F2N2. The van der Waals surface area contributed by atoms with E-state index in [2.05, 4.69) is 10.2 Å². The van der Waals surface area contributed by atoms with Gasteiger partial charge in [0.1, 0.15) is 0 Å². The number of halogens is 2. The Morgan fingerprint density at radius 1 is 1.22 bits per heavy atom. The van der Waals surface area contributed by atoms with E-state index < -0.39 is 6.43 Å². The molecule has 1 N–H and O–H groups in total. The quantitative estimate of drug-likeness (QED) is 0.889. The molecule has 4 heteroatoms. The predicted octanol–water partition coefficient (Wildman–Crippen LogP) is 2.81. The number of rotatable bonds is 4. The minimum absolute atomic E-state index is 0.104. The number of likely N-dealkylation sites (tertiary alicyclic amines) is 1. The molecule has 2 nitrogen and oxygen atoms in total. The van der Waals surface area contributed by atoms with Gasteiger partial charge >= 0.3 is 0 Å². The van der Waals surface area contributed by atoms with E-state index in [1.165, 1.54) is 12.1 Å². The van der Waals surface area contributed by atoms with Crippen molar-refractivity contribution in [1.82, 2.24) is 10.2 Å². The molecule has 1 aromatic carbocycles. The molecular weight excluding hydrogens is 234 g/mol. The average molecular weight is 254 g/mol. The lowest BCUT2D eigenvalue weighted by atomic mass is 10.0. The van der Waals surface area contributed by atoms with Crippen LogP contribution in [0, 0.1) is 0 Å². The van der Waals surface area contributed by atoms with Gasteiger partial charge in [-0.1, -0.05) is 24.3 Å². The maximum atomic E-state index is 12.4. The predicted molar refractivity (Wildman–Crippen MR) is 68.8 cm³/mol. The van der Waals surface area contributed by atoms with Gasteiger partial charge in [-0.15, -0.1) is 0 Å². The van der Waals surface area contributed by atoms with Crippen molar-refractivity contribution in [3.63, 3.8) is 0 Å². The first kappa shape index (κ1) is 13.4. The maximum absolute atomic E-state index is 12.4. The lowest BCUT2D eigenvalue weighted by molar-refractivity contribution is 0.151. The molecule has 0 bridgehead atoms. The number of nitrogens with zero attached hydrogens (tertiary/aromatic N) is 1. The molecule has 0 atom stereocenters. The number of alkyl halides is 2. The van der Waals surface area contributed by atoms with Crippen LogP contribution in [-0.4, -0.2) is 31.1 Å². The summed E-state index contributed by atoms with van der Waals surface area (Å²) >= 11 is 0. The second-order valence-electron chi connectivity index (χ2n) is 4.88. The molecule has 1 heterocycles. The van der Waals surface area contributed by atoms with E-state index in [-0.39, 0.29) is 5.56 Å². The minimum atomic E-state index is -2.37. The van der Waals surface area contributed by atoms with E-state index >= 15 is 0 Å². The Morgan fingerprint density at radius 2 is 1.83 bits per heavy atom. The monoisotopic (exact) mass is 254 g/mol. The van der Waals surface area contributed by atoms with E-state index in [4.69, 9.17) is 0 Å². The van der Waals surface area contributed by atoms with Crippen LogP contribution in [0.1, 0.15) is 30.4 Å². The molecule has 0 saturated carbocycles. The van der Waals surface area contributed by atoms with Crippen molar-refractivity contribution >= 4 is 0 Å². The summed E-state index contributed by atoms with van der Waals surface area (Å²) in [6.45, 7) is 3.00. The van der Waals surface area contributed by atoms with Crippen LogP contribution in [0.2, 0.25) is 0 Å². The van der Waals surface area contributed by atoms with Gasteiger partial charge in [0.2, 0.25) is 0 Å². The van der Waals surface area contributed by atoms with Crippen molar-refractivity contribution in [3.05, 3.63) is 35.4 Å². The number of benzene rings is 1. The van der Waals surface area contributed by atoms with Crippen LogP contribution in [0.5, 0.6) is 0 Å². The van der Waals surface area contributed by atoms with Crippen LogP contribution >= 0.6 is 0 Å². The first-order chi connectivity index (χ1) is 8.69. The van der Waals surface area contributed by atoms with Crippen LogP contribution in [0.25, 0.3) is 0 Å². The zero-order valence-electron chi connectivity index (χ0n) is 10.7. The molecule has 1 aromatic rings. The summed E-state index contributed by atoms with van der Waals surface area (Å²) in [4.78, 5) is 2.38. The highest BCUT2D eigenvalue weighted by Gasteiger charge is 2.17. The van der Waals surface area contributed by atoms with Gasteiger partial charge in [-0.3, -0.25) is 4.90 Å². The van der Waals surface area contributed by atoms with Gasteiger partial charge in [-0.25, -0.2) is 8.78 Å². The van der Waals surface area contributed by atoms with Crippen molar-refractivity contribution in [2.45, 2.75) is 31.9 Å². The third-order valence-corrected chi connectivity index (χ3v) is 3.63. The van der Waals surface area contributed by atoms with Crippen molar-refractivity contribution in [3.8, 4) is 0 Å². The fourth-order valence-electron chi connectivity index (χ4n) is 2.41. The largest absolute Gasteiger partial charge is 0.317 e. The van der Waals surface area contributed by atoms with Crippen LogP contribution in [0.15, 0.2) is 24.3 Å². The number of hydrogen-bond acceptors (Lipinski definition) is 2. The third kappa shape index (κ3) is 3.50. The van der Waals surface area contributed by atoms with Gasteiger partial charge < -0.3 is 5.32 Å². The molecule has 0 aromatic heterocycles. The molecule has 18 heavy (non-hydrogen) atoms. The first-order valence-corrected chi connectivity index (χ1v) is 6.45. The highest BCUT2D eigenvalue weighted by molar-refractivity contribution is 5.23. The standard InChI is InChI=1S/C14H20F2N2/c1-17-13-6-8-18(9-7-13)10-11-2-4-12(5-3-11)14(15)16/h2-5,13-14,17H,6-10H2,1H3. The average Bonchev–Trinajstić information content (AvgIpc) is 2.40. The second kappa shape index (κ2) is 6.25. The summed E-state index contributed by atoms with van der Waals surface area (Å²) in [5.74, 6) is 0. The highest BCUT2D eigenvalue weighted by atomic mass is 19.3. The van der Waals surface area contributed by atoms with E-state index in [9.17, 15) is 8.78 Å². The summed E-state index contributed by atoms with van der Waals surface area (Å²) < 4.78 is 24.8. The Balaban J connectivity index is 1.86. The van der Waals surface area contributed by atoms with Crippen molar-refractivity contribution in [2.75, 3.05) is 20.1 Å². The minimum Gasteiger partial charge on any atom is -0.317 e. The lowest BCUT2D eigenvalue weighted by Crippen LogP contribution is -2.40. The van der Waals surface area contributed by atoms with Gasteiger partial charge in [0, 0.05) is 18.2 Å². The smallest absolute Gasteiger partial charge is 0.263 e. The van der Waals surface area contributed by atoms with Gasteiger partial charge in [-0.2, -0.15) is 0 Å². The zero-order chi connectivity index (χ0) is 13.0. The fourth-order valence-corrected chi connectivity index (χ4v) is 2.41. The van der Waals surface area contributed by atoms with Crippen LogP contribution < -0.4 is 5.32 Å². The van der Waals surface area contributed by atoms with Crippen LogP contribution in [0.3, 0.4) is 0 Å². The molecule has 0 spiro atoms. The molecule has 1 fully saturated rings. The number of nitrogens with one attached hydrogen (secondary N) is 1. The van der Waals surface area contributed by atoms with E-state index in [1.807, 2.05) is 19.2 Å². The van der Waals surface area contributed by atoms with Gasteiger partial charge in [0.05, 0.1) is 0 Å². The SMILES string of the molecule is CNC1CCN(Cc2ccc(C(F)F)cc2)CC1. The second-order valence-corrected chi connectivity index (χ2v) is 4.88. The Labute approximate surface area is 107 Å². The van der Waals surface area contributed by atoms with Gasteiger partial charge in [0.25, 0.3) is 6.43 Å². The lowest BCUT2D eigenvalue weighted by Gasteiger charge is -2.31. The van der Waals surface area contributed by atoms with Gasteiger partial charge in [-0.05, 0) is 38.5 Å². The summed E-state index contributed by atoms with van der Waals surface area (Å²) in [5.41, 5.74) is 1.22. The summed E-state index contributed by atoms with van der Waals surface area (Å²) in [5, 5.41) is 3.30. The Kier molecular flexibility index (Phi) is 4.66. The van der Waals surface area contributed by atoms with Crippen molar-refractivity contribution in [1.29, 1.82) is 0 Å². The van der Waals surface area contributed by atoms with E-state index in [0.717, 1.165) is 38.0 Å². The molecule has 2 rings (SSSR count). The maximum Gasteiger partial charge on any atom is 0.263 e. The van der Waals surface area contributed by atoms with Crippen LogP contribution in [0.4, 0.5) is 8.78 Å². The molecule has 1 aliphatic rings. The Hall–Kier alpha value is -1.00. The highest BCUT2D eigenvalue weighted by Crippen LogP contribution is 2.20. The Bertz CT molecular complexity index is 357. The fraction of sp³-hybridized carbons (Fsp3) is 0.571. The molecule has 0 radical (unpaired) electrons. The van der Waals surface area contributed by atoms with E-state index in [0.29, 0.717) is 6.04 Å². The summed E-state index contributed by atoms with van der Waals surface area (Å²) in [6, 6.07) is 7.31. The molecule has 0 amide bonds. The zero-order valence-corrected chi connectivity index (χ0v) is 10.7. The van der Waals surface area contributed by atoms with Crippen molar-refractivity contribution in [2.24, 2.45) is 0 Å². The van der Waals surface area contributed by atoms with Crippen molar-refractivity contribution < 1.29 is 8.78 Å². The Morgan fingerprint density at radius 3 is 2.33 bits per heavy atom. The molecule has 0 aliphatic carbocycles. The van der Waals surface area contributed by atoms with Gasteiger partial charge in [0.15, 0.2) is 0 Å². The summed E-state index contributed by atoms with van der Waals surface area (Å²) in [6.07, 6.45) is -0.0533. The topological polar surface area (TPSA) is 15.3 Å². The molecule has 100 valence electrons. The normalized spacial score (nSPS) is 18.4. The molecule has 1 saturated heterocycles. The third-order valence-electron chi connectivity index (χ3n) is 3.63. The first-order valence-electron chi connectivity index (χ1n) is 6.45. The number of hydrogen-bond donors (Lipinski definition) is 1.